The Labute approximate surface area is 112 Å². The van der Waals surface area contributed by atoms with Gasteiger partial charge in [-0.3, -0.25) is 0 Å². The Kier molecular flexibility index (Phi) is 3.59. The van der Waals surface area contributed by atoms with Gasteiger partial charge in [-0.05, 0) is 31.2 Å². The second kappa shape index (κ2) is 5.02. The van der Waals surface area contributed by atoms with Crippen molar-refractivity contribution in [1.82, 2.24) is 14.5 Å². The highest BCUT2D eigenvalue weighted by Crippen LogP contribution is 2.21. The molecule has 0 aliphatic carbocycles. The molecule has 0 saturated heterocycles. The first-order valence-corrected chi connectivity index (χ1v) is 7.34. The SMILES string of the molecule is CCNS(=O)(=O)c1ccc(N)c(-n2ccc(C)n2)c1. The minimum absolute atomic E-state index is 0.173. The number of nitrogens with one attached hydrogen (secondary N) is 1. The number of rotatable bonds is 4. The van der Waals surface area contributed by atoms with E-state index in [1.165, 1.54) is 12.1 Å². The summed E-state index contributed by atoms with van der Waals surface area (Å²) in [6.07, 6.45) is 1.74. The maximum Gasteiger partial charge on any atom is 0.240 e. The summed E-state index contributed by atoms with van der Waals surface area (Å²) in [5.41, 5.74) is 7.72. The van der Waals surface area contributed by atoms with Crippen LogP contribution in [0.1, 0.15) is 12.6 Å². The van der Waals surface area contributed by atoms with Gasteiger partial charge in [0.1, 0.15) is 0 Å². The summed E-state index contributed by atoms with van der Waals surface area (Å²) in [5, 5.41) is 4.23. The zero-order chi connectivity index (χ0) is 14.0. The molecular weight excluding hydrogens is 264 g/mol. The quantitative estimate of drug-likeness (QED) is 0.819. The Morgan fingerprint density at radius 3 is 2.68 bits per heavy atom. The first kappa shape index (κ1) is 13.6. The number of nitrogens with zero attached hydrogens (tertiary/aromatic N) is 2. The molecule has 0 amide bonds. The number of aromatic nitrogens is 2. The number of benzene rings is 1. The molecule has 2 rings (SSSR count). The summed E-state index contributed by atoms with van der Waals surface area (Å²) in [5.74, 6) is 0. The van der Waals surface area contributed by atoms with Gasteiger partial charge < -0.3 is 5.73 Å². The molecule has 0 aliphatic heterocycles. The molecule has 0 saturated carbocycles. The average molecular weight is 280 g/mol. The molecule has 19 heavy (non-hydrogen) atoms. The van der Waals surface area contributed by atoms with Crippen LogP contribution in [0, 0.1) is 6.92 Å². The third kappa shape index (κ3) is 2.77. The second-order valence-corrected chi connectivity index (χ2v) is 5.89. The maximum absolute atomic E-state index is 12.0. The van der Waals surface area contributed by atoms with E-state index in [4.69, 9.17) is 5.73 Å². The first-order chi connectivity index (χ1) is 8.94. The summed E-state index contributed by atoms with van der Waals surface area (Å²) in [7, 11) is -3.50. The lowest BCUT2D eigenvalue weighted by atomic mass is 10.3. The summed E-state index contributed by atoms with van der Waals surface area (Å²) >= 11 is 0. The minimum Gasteiger partial charge on any atom is -0.397 e. The highest BCUT2D eigenvalue weighted by molar-refractivity contribution is 7.89. The van der Waals surface area contributed by atoms with Crippen LogP contribution in [-0.2, 0) is 10.0 Å². The second-order valence-electron chi connectivity index (χ2n) is 4.12. The molecule has 0 atom stereocenters. The van der Waals surface area contributed by atoms with Crippen molar-refractivity contribution in [2.45, 2.75) is 18.7 Å². The number of nitrogens with two attached hydrogens (primary N) is 1. The number of sulfonamides is 1. The molecule has 6 nitrogen and oxygen atoms in total. The molecule has 0 spiro atoms. The van der Waals surface area contributed by atoms with Gasteiger partial charge in [0.25, 0.3) is 0 Å². The summed E-state index contributed by atoms with van der Waals surface area (Å²) in [6.45, 7) is 3.92. The highest BCUT2D eigenvalue weighted by Gasteiger charge is 2.15. The largest absolute Gasteiger partial charge is 0.397 e. The van der Waals surface area contributed by atoms with Crippen LogP contribution in [0.25, 0.3) is 5.69 Å². The smallest absolute Gasteiger partial charge is 0.240 e. The fourth-order valence-electron chi connectivity index (χ4n) is 1.71. The zero-order valence-corrected chi connectivity index (χ0v) is 11.6. The molecule has 102 valence electrons. The fraction of sp³-hybridized carbons (Fsp3) is 0.250. The van der Waals surface area contributed by atoms with Gasteiger partial charge in [0.15, 0.2) is 0 Å². The molecule has 3 N–H and O–H groups in total. The predicted molar refractivity (Wildman–Crippen MR) is 73.6 cm³/mol. The molecule has 7 heteroatoms. The number of hydrogen-bond donors (Lipinski definition) is 2. The molecule has 0 aliphatic rings. The minimum atomic E-state index is -3.50. The Balaban J connectivity index is 2.52. The van der Waals surface area contributed by atoms with E-state index in [2.05, 4.69) is 9.82 Å². The van der Waals surface area contributed by atoms with Gasteiger partial charge in [0, 0.05) is 12.7 Å². The van der Waals surface area contributed by atoms with E-state index in [-0.39, 0.29) is 4.90 Å². The molecule has 1 aromatic carbocycles. The van der Waals surface area contributed by atoms with Crippen LogP contribution in [0.15, 0.2) is 35.4 Å². The molecule has 0 radical (unpaired) electrons. The van der Waals surface area contributed by atoms with Gasteiger partial charge in [-0.2, -0.15) is 5.10 Å². The van der Waals surface area contributed by atoms with Crippen LogP contribution in [0.5, 0.6) is 0 Å². The van der Waals surface area contributed by atoms with Crippen molar-refractivity contribution < 1.29 is 8.42 Å². The van der Waals surface area contributed by atoms with Gasteiger partial charge in [-0.25, -0.2) is 17.8 Å². The van der Waals surface area contributed by atoms with E-state index in [1.54, 1.807) is 23.9 Å². The number of nitrogen functional groups attached to an aromatic ring is 1. The number of anilines is 1. The van der Waals surface area contributed by atoms with Crippen LogP contribution in [0.3, 0.4) is 0 Å². The lowest BCUT2D eigenvalue weighted by molar-refractivity contribution is 0.584. The van der Waals surface area contributed by atoms with E-state index >= 15 is 0 Å². The Bertz CT molecular complexity index is 692. The predicted octanol–water partition coefficient (Wildman–Crippen LogP) is 1.06. The van der Waals surface area contributed by atoms with Gasteiger partial charge in [0.05, 0.1) is 22.0 Å². The molecule has 0 unspecified atom stereocenters. The highest BCUT2D eigenvalue weighted by atomic mass is 32.2. The van der Waals surface area contributed by atoms with Crippen molar-refractivity contribution in [1.29, 1.82) is 0 Å². The van der Waals surface area contributed by atoms with Crippen molar-refractivity contribution in [3.8, 4) is 5.69 Å². The van der Waals surface area contributed by atoms with Crippen LogP contribution in [0.2, 0.25) is 0 Å². The van der Waals surface area contributed by atoms with E-state index < -0.39 is 10.0 Å². The third-order valence-corrected chi connectivity index (χ3v) is 4.16. The van der Waals surface area contributed by atoms with Crippen LogP contribution in [0.4, 0.5) is 5.69 Å². The molecule has 1 heterocycles. The maximum atomic E-state index is 12.0. The summed E-state index contributed by atoms with van der Waals surface area (Å²) in [6, 6.07) is 6.38. The average Bonchev–Trinajstić information content (AvgIpc) is 2.76. The zero-order valence-electron chi connectivity index (χ0n) is 10.8. The lowest BCUT2D eigenvalue weighted by Gasteiger charge is -2.09. The molecule has 2 aromatic rings. The van der Waals surface area contributed by atoms with Gasteiger partial charge in [-0.1, -0.05) is 6.92 Å². The van der Waals surface area contributed by atoms with Crippen LogP contribution >= 0.6 is 0 Å². The molecule has 1 aromatic heterocycles. The van der Waals surface area contributed by atoms with Gasteiger partial charge >= 0.3 is 0 Å². The van der Waals surface area contributed by atoms with Crippen molar-refractivity contribution in [3.05, 3.63) is 36.2 Å². The van der Waals surface area contributed by atoms with E-state index in [9.17, 15) is 8.42 Å². The molecule has 0 bridgehead atoms. The van der Waals surface area contributed by atoms with Crippen molar-refractivity contribution in [2.24, 2.45) is 0 Å². The van der Waals surface area contributed by atoms with Gasteiger partial charge in [0.2, 0.25) is 10.0 Å². The van der Waals surface area contributed by atoms with Crippen molar-refractivity contribution in [2.75, 3.05) is 12.3 Å². The Morgan fingerprint density at radius 2 is 2.11 bits per heavy atom. The Hall–Kier alpha value is -1.86. The van der Waals surface area contributed by atoms with E-state index in [1.807, 2.05) is 13.0 Å². The normalized spacial score (nSPS) is 11.7. The molecule has 0 fully saturated rings. The van der Waals surface area contributed by atoms with Crippen molar-refractivity contribution >= 4 is 15.7 Å². The monoisotopic (exact) mass is 280 g/mol. The fourth-order valence-corrected chi connectivity index (χ4v) is 2.77. The van der Waals surface area contributed by atoms with E-state index in [0.29, 0.717) is 17.9 Å². The van der Waals surface area contributed by atoms with Crippen LogP contribution < -0.4 is 10.5 Å². The topological polar surface area (TPSA) is 90.0 Å². The lowest BCUT2D eigenvalue weighted by Crippen LogP contribution is -2.23. The molecular formula is C12H16N4O2S. The summed E-state index contributed by atoms with van der Waals surface area (Å²) in [4.78, 5) is 0.173. The first-order valence-electron chi connectivity index (χ1n) is 5.86. The van der Waals surface area contributed by atoms with Crippen LogP contribution in [-0.4, -0.2) is 24.7 Å². The van der Waals surface area contributed by atoms with Gasteiger partial charge in [-0.15, -0.1) is 0 Å². The third-order valence-electron chi connectivity index (χ3n) is 2.62. The van der Waals surface area contributed by atoms with E-state index in [0.717, 1.165) is 5.69 Å². The Morgan fingerprint density at radius 1 is 1.37 bits per heavy atom. The number of aryl methyl sites for hydroxylation is 1. The summed E-state index contributed by atoms with van der Waals surface area (Å²) < 4.78 is 27.9. The number of hydrogen-bond acceptors (Lipinski definition) is 4. The standard InChI is InChI=1S/C12H16N4O2S/c1-3-14-19(17,18)10-4-5-11(13)12(8-10)16-7-6-9(2)15-16/h4-8,14H,3,13H2,1-2H3. The van der Waals surface area contributed by atoms with Crippen molar-refractivity contribution in [3.63, 3.8) is 0 Å².